The van der Waals surface area contributed by atoms with Gasteiger partial charge in [-0.1, -0.05) is 18.2 Å². The highest BCUT2D eigenvalue weighted by Crippen LogP contribution is 2.37. The van der Waals surface area contributed by atoms with Gasteiger partial charge in [-0.15, -0.1) is 0 Å². The average Bonchev–Trinajstić information content (AvgIpc) is 2.75. The van der Waals surface area contributed by atoms with Crippen molar-refractivity contribution in [1.29, 1.82) is 0 Å². The molecule has 2 aliphatic rings. The highest BCUT2D eigenvalue weighted by atomic mass is 16.5. The molecule has 3 rings (SSSR count). The number of aryl methyl sites for hydroxylation is 1. The van der Waals surface area contributed by atoms with Gasteiger partial charge >= 0.3 is 0 Å². The SMILES string of the molecule is CC1(C)Cc2cccc(CCCN3CCOCC3)c2O1. The van der Waals surface area contributed by atoms with E-state index in [1.165, 1.54) is 17.5 Å². The van der Waals surface area contributed by atoms with E-state index in [-0.39, 0.29) is 5.60 Å². The molecule has 0 N–H and O–H groups in total. The molecule has 0 unspecified atom stereocenters. The van der Waals surface area contributed by atoms with E-state index in [0.717, 1.165) is 51.4 Å². The maximum Gasteiger partial charge on any atom is 0.126 e. The molecule has 0 saturated carbocycles. The topological polar surface area (TPSA) is 21.7 Å². The number of nitrogens with zero attached hydrogens (tertiary/aromatic N) is 1. The molecule has 3 heteroatoms. The maximum atomic E-state index is 6.13. The Morgan fingerprint density at radius 3 is 2.80 bits per heavy atom. The van der Waals surface area contributed by atoms with Gasteiger partial charge in [0.25, 0.3) is 0 Å². The zero-order chi connectivity index (χ0) is 14.0. The minimum absolute atomic E-state index is 0.0390. The number of hydrogen-bond donors (Lipinski definition) is 0. The second-order valence-electron chi connectivity index (χ2n) is 6.50. The molecule has 1 saturated heterocycles. The van der Waals surface area contributed by atoms with Gasteiger partial charge in [0.2, 0.25) is 0 Å². The van der Waals surface area contributed by atoms with Gasteiger partial charge in [0.15, 0.2) is 0 Å². The van der Waals surface area contributed by atoms with Crippen molar-refractivity contribution in [1.82, 2.24) is 4.90 Å². The van der Waals surface area contributed by atoms with Gasteiger partial charge in [-0.25, -0.2) is 0 Å². The molecule has 1 aromatic carbocycles. The fraction of sp³-hybridized carbons (Fsp3) is 0.647. The highest BCUT2D eigenvalue weighted by Gasteiger charge is 2.31. The van der Waals surface area contributed by atoms with Crippen molar-refractivity contribution in [2.75, 3.05) is 32.8 Å². The highest BCUT2D eigenvalue weighted by molar-refractivity contribution is 5.45. The van der Waals surface area contributed by atoms with E-state index in [4.69, 9.17) is 9.47 Å². The first kappa shape index (κ1) is 13.9. The summed E-state index contributed by atoms with van der Waals surface area (Å²) in [5, 5.41) is 0. The zero-order valence-electron chi connectivity index (χ0n) is 12.7. The first-order valence-electron chi connectivity index (χ1n) is 7.74. The Labute approximate surface area is 121 Å². The molecule has 20 heavy (non-hydrogen) atoms. The lowest BCUT2D eigenvalue weighted by Gasteiger charge is -2.26. The Morgan fingerprint density at radius 2 is 2.00 bits per heavy atom. The predicted molar refractivity (Wildman–Crippen MR) is 80.4 cm³/mol. The van der Waals surface area contributed by atoms with Crippen molar-refractivity contribution >= 4 is 0 Å². The third-order valence-electron chi connectivity index (χ3n) is 4.20. The summed E-state index contributed by atoms with van der Waals surface area (Å²) in [7, 11) is 0. The first-order valence-corrected chi connectivity index (χ1v) is 7.74. The van der Waals surface area contributed by atoms with E-state index >= 15 is 0 Å². The number of para-hydroxylation sites is 1. The van der Waals surface area contributed by atoms with Gasteiger partial charge in [-0.2, -0.15) is 0 Å². The average molecular weight is 275 g/mol. The van der Waals surface area contributed by atoms with Crippen LogP contribution in [-0.4, -0.2) is 43.3 Å². The summed E-state index contributed by atoms with van der Waals surface area (Å²) in [5.74, 6) is 1.15. The smallest absolute Gasteiger partial charge is 0.126 e. The van der Waals surface area contributed by atoms with Gasteiger partial charge in [0.1, 0.15) is 11.4 Å². The lowest BCUT2D eigenvalue weighted by Crippen LogP contribution is -2.36. The molecule has 0 radical (unpaired) electrons. The van der Waals surface area contributed by atoms with Crippen LogP contribution in [-0.2, 0) is 17.6 Å². The van der Waals surface area contributed by atoms with Crippen LogP contribution in [0.15, 0.2) is 18.2 Å². The molecular weight excluding hydrogens is 250 g/mol. The van der Waals surface area contributed by atoms with Gasteiger partial charge < -0.3 is 9.47 Å². The van der Waals surface area contributed by atoms with E-state index in [1.54, 1.807) is 0 Å². The van der Waals surface area contributed by atoms with E-state index < -0.39 is 0 Å². The van der Waals surface area contributed by atoms with Crippen molar-refractivity contribution in [2.45, 2.75) is 38.7 Å². The number of fused-ring (bicyclic) bond motifs is 1. The van der Waals surface area contributed by atoms with Crippen LogP contribution < -0.4 is 4.74 Å². The molecule has 0 atom stereocenters. The van der Waals surface area contributed by atoms with Crippen LogP contribution in [0.1, 0.15) is 31.4 Å². The molecule has 0 bridgehead atoms. The first-order chi connectivity index (χ1) is 9.64. The molecule has 1 aromatic rings. The Bertz CT molecular complexity index is 464. The lowest BCUT2D eigenvalue weighted by molar-refractivity contribution is 0.0374. The Hall–Kier alpha value is -1.06. The maximum absolute atomic E-state index is 6.13. The van der Waals surface area contributed by atoms with Crippen molar-refractivity contribution in [3.63, 3.8) is 0 Å². The Kier molecular flexibility index (Phi) is 3.99. The lowest BCUT2D eigenvalue weighted by atomic mass is 9.99. The fourth-order valence-corrected chi connectivity index (χ4v) is 3.19. The minimum atomic E-state index is -0.0390. The summed E-state index contributed by atoms with van der Waals surface area (Å²) in [6, 6.07) is 6.60. The van der Waals surface area contributed by atoms with E-state index in [0.29, 0.717) is 0 Å². The second-order valence-corrected chi connectivity index (χ2v) is 6.50. The summed E-state index contributed by atoms with van der Waals surface area (Å²) in [6.45, 7) is 9.44. The molecule has 3 nitrogen and oxygen atoms in total. The van der Waals surface area contributed by atoms with Crippen LogP contribution in [0.4, 0.5) is 0 Å². The third kappa shape index (κ3) is 3.15. The van der Waals surface area contributed by atoms with Crippen LogP contribution in [0.25, 0.3) is 0 Å². The van der Waals surface area contributed by atoms with E-state index in [2.05, 4.69) is 36.9 Å². The van der Waals surface area contributed by atoms with Crippen LogP contribution in [0, 0.1) is 0 Å². The molecule has 2 aliphatic heterocycles. The summed E-state index contributed by atoms with van der Waals surface area (Å²) in [6.07, 6.45) is 3.33. The molecule has 0 aromatic heterocycles. The van der Waals surface area contributed by atoms with E-state index in [9.17, 15) is 0 Å². The monoisotopic (exact) mass is 275 g/mol. The quantitative estimate of drug-likeness (QED) is 0.843. The summed E-state index contributed by atoms with van der Waals surface area (Å²) >= 11 is 0. The molecular formula is C17H25NO2. The van der Waals surface area contributed by atoms with E-state index in [1.807, 2.05) is 0 Å². The molecule has 110 valence electrons. The van der Waals surface area contributed by atoms with Crippen LogP contribution in [0.2, 0.25) is 0 Å². The normalized spacial score (nSPS) is 21.5. The second kappa shape index (κ2) is 5.74. The number of hydrogen-bond acceptors (Lipinski definition) is 3. The number of morpholine rings is 1. The Morgan fingerprint density at radius 1 is 1.20 bits per heavy atom. The van der Waals surface area contributed by atoms with Gasteiger partial charge in [0, 0.05) is 19.5 Å². The number of rotatable bonds is 4. The van der Waals surface area contributed by atoms with Gasteiger partial charge in [-0.3, -0.25) is 4.90 Å². The molecule has 1 fully saturated rings. The number of benzene rings is 1. The van der Waals surface area contributed by atoms with Crippen LogP contribution in [0.5, 0.6) is 5.75 Å². The van der Waals surface area contributed by atoms with Gasteiger partial charge in [0.05, 0.1) is 13.2 Å². The summed E-state index contributed by atoms with van der Waals surface area (Å²) in [4.78, 5) is 2.50. The van der Waals surface area contributed by atoms with Crippen LogP contribution >= 0.6 is 0 Å². The molecule has 0 aliphatic carbocycles. The largest absolute Gasteiger partial charge is 0.487 e. The van der Waals surface area contributed by atoms with Crippen molar-refractivity contribution in [3.8, 4) is 5.75 Å². The molecule has 0 spiro atoms. The van der Waals surface area contributed by atoms with Crippen molar-refractivity contribution in [3.05, 3.63) is 29.3 Å². The molecule has 2 heterocycles. The predicted octanol–water partition coefficient (Wildman–Crippen LogP) is 2.66. The van der Waals surface area contributed by atoms with Crippen molar-refractivity contribution in [2.24, 2.45) is 0 Å². The van der Waals surface area contributed by atoms with Crippen LogP contribution in [0.3, 0.4) is 0 Å². The molecule has 0 amide bonds. The number of ether oxygens (including phenoxy) is 2. The fourth-order valence-electron chi connectivity index (χ4n) is 3.19. The zero-order valence-corrected chi connectivity index (χ0v) is 12.7. The minimum Gasteiger partial charge on any atom is -0.487 e. The summed E-state index contributed by atoms with van der Waals surface area (Å²) < 4.78 is 11.5. The van der Waals surface area contributed by atoms with Crippen molar-refractivity contribution < 1.29 is 9.47 Å². The standard InChI is InChI=1S/C17H25NO2/c1-17(2)13-15-6-3-5-14(16(15)20-17)7-4-8-18-9-11-19-12-10-18/h3,5-6H,4,7-13H2,1-2H3. The Balaban J connectivity index is 1.57. The third-order valence-corrected chi connectivity index (χ3v) is 4.20. The van der Waals surface area contributed by atoms with Gasteiger partial charge in [-0.05, 0) is 44.4 Å². The summed E-state index contributed by atoms with van der Waals surface area (Å²) in [5.41, 5.74) is 2.71.